The Balaban J connectivity index is 1.40. The van der Waals surface area contributed by atoms with E-state index in [0.717, 1.165) is 0 Å². The van der Waals surface area contributed by atoms with Gasteiger partial charge in [-0.25, -0.2) is 14.1 Å². The van der Waals surface area contributed by atoms with Gasteiger partial charge in [0.25, 0.3) is 0 Å². The van der Waals surface area contributed by atoms with Crippen LogP contribution in [0.1, 0.15) is 15.9 Å². The molecule has 1 aliphatic rings. The smallest absolute Gasteiger partial charge is 0.424 e. The summed E-state index contributed by atoms with van der Waals surface area (Å²) in [6.07, 6.45) is 0.934. The van der Waals surface area contributed by atoms with Crippen LogP contribution >= 0.6 is 0 Å². The van der Waals surface area contributed by atoms with Gasteiger partial charge in [0.05, 0.1) is 16.9 Å². The number of hydrogen-bond acceptors (Lipinski definition) is 4. The Kier molecular flexibility index (Phi) is 5.62. The molecule has 0 aromatic heterocycles. The zero-order chi connectivity index (χ0) is 23.5. The Morgan fingerprint density at radius 2 is 1.44 bits per heavy atom. The zero-order valence-corrected chi connectivity index (χ0v) is 17.9. The molecule has 0 spiro atoms. The summed E-state index contributed by atoms with van der Waals surface area (Å²) < 4.78 is 24.5. The van der Waals surface area contributed by atoms with E-state index in [1.807, 2.05) is 60.7 Å². The van der Waals surface area contributed by atoms with Crippen LogP contribution in [0.4, 0.5) is 20.6 Å². The summed E-state index contributed by atoms with van der Waals surface area (Å²) >= 11 is 0. The molecule has 0 saturated heterocycles. The second-order valence-corrected chi connectivity index (χ2v) is 7.52. The van der Waals surface area contributed by atoms with Crippen LogP contribution in [0, 0.1) is 5.82 Å². The SMILES string of the molecule is O=C1/C(=C/c2ccc(F)cc2)Oc2cc(OC(=O)N(c3ccccc3)c3ccccc3)ccc21. The van der Waals surface area contributed by atoms with Crippen molar-refractivity contribution in [2.45, 2.75) is 0 Å². The molecule has 0 saturated carbocycles. The van der Waals surface area contributed by atoms with E-state index >= 15 is 0 Å². The van der Waals surface area contributed by atoms with Gasteiger partial charge in [-0.2, -0.15) is 0 Å². The van der Waals surface area contributed by atoms with Crippen molar-refractivity contribution in [2.24, 2.45) is 0 Å². The second-order valence-electron chi connectivity index (χ2n) is 7.52. The monoisotopic (exact) mass is 451 g/mol. The number of fused-ring (bicyclic) bond motifs is 1. The van der Waals surface area contributed by atoms with Gasteiger partial charge in [-0.15, -0.1) is 0 Å². The van der Waals surface area contributed by atoms with Gasteiger partial charge in [0, 0.05) is 6.07 Å². The maximum Gasteiger partial charge on any atom is 0.424 e. The van der Waals surface area contributed by atoms with E-state index in [4.69, 9.17) is 9.47 Å². The van der Waals surface area contributed by atoms with Crippen molar-refractivity contribution < 1.29 is 23.5 Å². The summed E-state index contributed by atoms with van der Waals surface area (Å²) in [6, 6.07) is 28.6. The van der Waals surface area contributed by atoms with E-state index in [0.29, 0.717) is 22.5 Å². The highest BCUT2D eigenvalue weighted by Crippen LogP contribution is 2.35. The van der Waals surface area contributed by atoms with E-state index in [9.17, 15) is 14.0 Å². The number of anilines is 2. The first kappa shape index (κ1) is 21.2. The molecule has 0 N–H and O–H groups in total. The molecule has 1 heterocycles. The third-order valence-electron chi connectivity index (χ3n) is 5.23. The van der Waals surface area contributed by atoms with Gasteiger partial charge in [-0.05, 0) is 60.2 Å². The lowest BCUT2D eigenvalue weighted by Crippen LogP contribution is -2.29. The normalized spacial score (nSPS) is 13.3. The van der Waals surface area contributed by atoms with Crippen molar-refractivity contribution in [3.63, 3.8) is 0 Å². The molecule has 5 nitrogen and oxygen atoms in total. The molecule has 34 heavy (non-hydrogen) atoms. The van der Waals surface area contributed by atoms with Gasteiger partial charge in [-0.3, -0.25) is 4.79 Å². The standard InChI is InChI=1S/C28H18FNO4/c29-20-13-11-19(12-14-20)17-26-27(31)24-16-15-23(18-25(24)34-26)33-28(32)30(21-7-3-1-4-8-21)22-9-5-2-6-10-22/h1-18H/b26-17-. The third-order valence-corrected chi connectivity index (χ3v) is 5.23. The minimum Gasteiger partial charge on any atom is -0.452 e. The Morgan fingerprint density at radius 3 is 2.06 bits per heavy atom. The lowest BCUT2D eigenvalue weighted by molar-refractivity contribution is 0.101. The largest absolute Gasteiger partial charge is 0.452 e. The van der Waals surface area contributed by atoms with E-state index in [2.05, 4.69) is 0 Å². The number of halogens is 1. The molecule has 1 amide bonds. The molecule has 4 aromatic rings. The van der Waals surface area contributed by atoms with Crippen LogP contribution in [0.2, 0.25) is 0 Å². The van der Waals surface area contributed by atoms with Crippen molar-refractivity contribution >= 4 is 29.3 Å². The highest BCUT2D eigenvalue weighted by Gasteiger charge is 2.28. The molecule has 4 aromatic carbocycles. The molecular formula is C28H18FNO4. The van der Waals surface area contributed by atoms with Gasteiger partial charge in [-0.1, -0.05) is 48.5 Å². The van der Waals surface area contributed by atoms with Crippen LogP contribution in [-0.4, -0.2) is 11.9 Å². The van der Waals surface area contributed by atoms with Crippen molar-refractivity contribution in [1.82, 2.24) is 0 Å². The number of Topliss-reactive ketones (excluding diaryl/α,β-unsaturated/α-hetero) is 1. The van der Waals surface area contributed by atoms with E-state index in [-0.39, 0.29) is 28.9 Å². The number of ketones is 1. The average Bonchev–Trinajstić information content (AvgIpc) is 3.16. The lowest BCUT2D eigenvalue weighted by atomic mass is 10.1. The van der Waals surface area contributed by atoms with E-state index in [1.165, 1.54) is 23.1 Å². The molecular weight excluding hydrogens is 433 g/mol. The highest BCUT2D eigenvalue weighted by molar-refractivity contribution is 6.14. The van der Waals surface area contributed by atoms with Gasteiger partial charge in [0.2, 0.25) is 5.78 Å². The topological polar surface area (TPSA) is 55.8 Å². The maximum atomic E-state index is 13.2. The highest BCUT2D eigenvalue weighted by atomic mass is 19.1. The number of carbonyl (C=O) groups is 2. The first-order chi connectivity index (χ1) is 16.6. The fourth-order valence-electron chi connectivity index (χ4n) is 3.60. The molecule has 1 aliphatic heterocycles. The Morgan fingerprint density at radius 1 is 0.824 bits per heavy atom. The fourth-order valence-corrected chi connectivity index (χ4v) is 3.60. The molecule has 0 aliphatic carbocycles. The fraction of sp³-hybridized carbons (Fsp3) is 0. The number of benzene rings is 4. The van der Waals surface area contributed by atoms with E-state index in [1.54, 1.807) is 30.3 Å². The summed E-state index contributed by atoms with van der Waals surface area (Å²) in [5.41, 5.74) is 2.29. The van der Waals surface area contributed by atoms with Crippen LogP contribution in [0.25, 0.3) is 6.08 Å². The van der Waals surface area contributed by atoms with Crippen molar-refractivity contribution in [2.75, 3.05) is 4.90 Å². The number of ether oxygens (including phenoxy) is 2. The molecule has 166 valence electrons. The number of hydrogen-bond donors (Lipinski definition) is 0. The molecule has 5 rings (SSSR count). The number of allylic oxidation sites excluding steroid dienone is 1. The molecule has 0 fully saturated rings. The number of rotatable bonds is 4. The second kappa shape index (κ2) is 9.03. The van der Waals surface area contributed by atoms with Crippen molar-refractivity contribution in [1.29, 1.82) is 0 Å². The van der Waals surface area contributed by atoms with Gasteiger partial charge >= 0.3 is 6.09 Å². The summed E-state index contributed by atoms with van der Waals surface area (Å²) in [5, 5.41) is 0. The van der Waals surface area contributed by atoms with Gasteiger partial charge in [0.15, 0.2) is 5.76 Å². The van der Waals surface area contributed by atoms with Crippen LogP contribution in [0.3, 0.4) is 0 Å². The number of amides is 1. The van der Waals surface area contributed by atoms with Gasteiger partial charge < -0.3 is 9.47 Å². The minimum absolute atomic E-state index is 0.111. The quantitative estimate of drug-likeness (QED) is 0.321. The predicted molar refractivity (Wildman–Crippen MR) is 127 cm³/mol. The van der Waals surface area contributed by atoms with Crippen molar-refractivity contribution in [3.8, 4) is 11.5 Å². The maximum absolute atomic E-state index is 13.2. The first-order valence-electron chi connectivity index (χ1n) is 10.5. The van der Waals surface area contributed by atoms with Gasteiger partial charge in [0.1, 0.15) is 17.3 Å². The number of carbonyl (C=O) groups excluding carboxylic acids is 2. The summed E-state index contributed by atoms with van der Waals surface area (Å²) in [7, 11) is 0. The third kappa shape index (κ3) is 4.29. The predicted octanol–water partition coefficient (Wildman–Crippen LogP) is 6.78. The minimum atomic E-state index is -0.608. The van der Waals surface area contributed by atoms with Crippen LogP contribution < -0.4 is 14.4 Å². The summed E-state index contributed by atoms with van der Waals surface area (Å²) in [6.45, 7) is 0. The van der Waals surface area contributed by atoms with E-state index < -0.39 is 6.09 Å². The summed E-state index contributed by atoms with van der Waals surface area (Å²) in [4.78, 5) is 27.3. The Bertz CT molecular complexity index is 1340. The molecule has 0 unspecified atom stereocenters. The lowest BCUT2D eigenvalue weighted by Gasteiger charge is -2.22. The van der Waals surface area contributed by atoms with Crippen LogP contribution in [0.5, 0.6) is 11.5 Å². The zero-order valence-electron chi connectivity index (χ0n) is 17.9. The molecule has 0 atom stereocenters. The molecule has 6 heteroatoms. The molecule has 0 radical (unpaired) electrons. The number of nitrogens with zero attached hydrogens (tertiary/aromatic N) is 1. The molecule has 0 bridgehead atoms. The van der Waals surface area contributed by atoms with Crippen LogP contribution in [-0.2, 0) is 0 Å². The van der Waals surface area contributed by atoms with Crippen LogP contribution in [0.15, 0.2) is 109 Å². The Hall–Kier alpha value is -4.71. The first-order valence-corrected chi connectivity index (χ1v) is 10.5. The number of para-hydroxylation sites is 2. The Labute approximate surface area is 195 Å². The average molecular weight is 451 g/mol. The van der Waals surface area contributed by atoms with Crippen molar-refractivity contribution in [3.05, 3.63) is 126 Å². The summed E-state index contributed by atoms with van der Waals surface area (Å²) in [5.74, 6) is -0.0330.